The van der Waals surface area contributed by atoms with Crippen LogP contribution in [0.3, 0.4) is 0 Å². The quantitative estimate of drug-likeness (QED) is 0.855. The fourth-order valence-electron chi connectivity index (χ4n) is 3.97. The Bertz CT molecular complexity index is 751. The van der Waals surface area contributed by atoms with Crippen LogP contribution in [-0.4, -0.2) is 70.7 Å². The summed E-state index contributed by atoms with van der Waals surface area (Å²) in [5.41, 5.74) is 2.69. The third-order valence-electron chi connectivity index (χ3n) is 5.43. The number of aryl methyl sites for hydroxylation is 1. The Kier molecular flexibility index (Phi) is 4.72. The summed E-state index contributed by atoms with van der Waals surface area (Å²) in [6.07, 6.45) is 5.19. The molecule has 134 valence electrons. The number of carbonyl (C=O) groups excluding carboxylic acids is 1. The molecule has 2 saturated heterocycles. The highest BCUT2D eigenvalue weighted by molar-refractivity contribution is 5.97. The fraction of sp³-hybridized carbons (Fsp3) is 0.579. The van der Waals surface area contributed by atoms with Crippen molar-refractivity contribution in [2.75, 3.05) is 39.4 Å². The molecule has 0 aliphatic carbocycles. The molecule has 0 N–H and O–H groups in total. The molecule has 25 heavy (non-hydrogen) atoms. The van der Waals surface area contributed by atoms with Crippen molar-refractivity contribution in [1.29, 1.82) is 0 Å². The number of hydrogen-bond donors (Lipinski definition) is 0. The maximum absolute atomic E-state index is 13.2. The predicted molar refractivity (Wildman–Crippen MR) is 96.6 cm³/mol. The normalized spacial score (nSPS) is 22.4. The number of nitrogens with zero attached hydrogens (tertiary/aromatic N) is 4. The number of piperidine rings is 1. The first-order valence-corrected chi connectivity index (χ1v) is 9.24. The van der Waals surface area contributed by atoms with Crippen molar-refractivity contribution >= 4 is 16.9 Å². The van der Waals surface area contributed by atoms with Crippen LogP contribution >= 0.6 is 0 Å². The predicted octanol–water partition coefficient (Wildman–Crippen LogP) is 1.90. The minimum Gasteiger partial charge on any atom is -0.379 e. The Hall–Kier alpha value is -1.92. The number of likely N-dealkylation sites (tertiary alicyclic amines) is 1. The topological polar surface area (TPSA) is 50.6 Å². The van der Waals surface area contributed by atoms with Gasteiger partial charge >= 0.3 is 0 Å². The number of fused-ring (bicyclic) bond motifs is 1. The van der Waals surface area contributed by atoms with E-state index in [0.717, 1.165) is 68.8 Å². The Morgan fingerprint density at radius 1 is 1.24 bits per heavy atom. The molecule has 2 aliphatic rings. The molecule has 1 amide bonds. The molecule has 1 aromatic carbocycles. The van der Waals surface area contributed by atoms with E-state index < -0.39 is 0 Å². The van der Waals surface area contributed by atoms with Gasteiger partial charge in [-0.3, -0.25) is 9.69 Å². The van der Waals surface area contributed by atoms with Crippen LogP contribution < -0.4 is 0 Å². The zero-order valence-corrected chi connectivity index (χ0v) is 14.9. The van der Waals surface area contributed by atoms with Crippen LogP contribution in [0, 0.1) is 0 Å². The number of aromatic nitrogens is 2. The van der Waals surface area contributed by atoms with Gasteiger partial charge in [-0.05, 0) is 37.5 Å². The zero-order valence-electron chi connectivity index (χ0n) is 14.9. The molecule has 1 aromatic heterocycles. The van der Waals surface area contributed by atoms with Crippen molar-refractivity contribution < 1.29 is 9.53 Å². The number of carbonyl (C=O) groups is 1. The van der Waals surface area contributed by atoms with Crippen LogP contribution in [-0.2, 0) is 11.8 Å². The third kappa shape index (κ3) is 3.41. The molecular formula is C19H26N4O2. The van der Waals surface area contributed by atoms with E-state index in [-0.39, 0.29) is 5.91 Å². The summed E-state index contributed by atoms with van der Waals surface area (Å²) < 4.78 is 7.42. The summed E-state index contributed by atoms with van der Waals surface area (Å²) >= 11 is 0. The monoisotopic (exact) mass is 342 g/mol. The van der Waals surface area contributed by atoms with Gasteiger partial charge in [-0.25, -0.2) is 4.98 Å². The van der Waals surface area contributed by atoms with E-state index in [1.165, 1.54) is 6.42 Å². The molecule has 4 rings (SSSR count). The van der Waals surface area contributed by atoms with Crippen molar-refractivity contribution in [2.45, 2.75) is 25.3 Å². The molecule has 2 fully saturated rings. The molecule has 0 radical (unpaired) electrons. The molecule has 1 unspecified atom stereocenters. The van der Waals surface area contributed by atoms with Gasteiger partial charge in [0.1, 0.15) is 0 Å². The number of hydrogen-bond acceptors (Lipinski definition) is 4. The van der Waals surface area contributed by atoms with Gasteiger partial charge in [0.2, 0.25) is 0 Å². The van der Waals surface area contributed by atoms with E-state index in [0.29, 0.717) is 6.04 Å². The maximum atomic E-state index is 13.2. The summed E-state index contributed by atoms with van der Waals surface area (Å²) in [6.45, 7) is 5.36. The maximum Gasteiger partial charge on any atom is 0.254 e. The van der Waals surface area contributed by atoms with E-state index in [4.69, 9.17) is 4.74 Å². The first kappa shape index (κ1) is 16.5. The van der Waals surface area contributed by atoms with Gasteiger partial charge in [0, 0.05) is 44.8 Å². The second-order valence-corrected chi connectivity index (χ2v) is 7.12. The Morgan fingerprint density at radius 3 is 2.92 bits per heavy atom. The van der Waals surface area contributed by atoms with Gasteiger partial charge in [0.15, 0.2) is 0 Å². The average Bonchev–Trinajstić information content (AvgIpc) is 3.03. The lowest BCUT2D eigenvalue weighted by Gasteiger charge is -2.39. The van der Waals surface area contributed by atoms with Crippen LogP contribution in [0.4, 0.5) is 0 Å². The molecular weight excluding hydrogens is 316 g/mol. The number of morpholine rings is 1. The molecule has 1 atom stereocenters. The molecule has 6 nitrogen and oxygen atoms in total. The van der Waals surface area contributed by atoms with E-state index in [1.807, 2.05) is 29.8 Å². The van der Waals surface area contributed by atoms with Crippen molar-refractivity contribution in [3.8, 4) is 0 Å². The van der Waals surface area contributed by atoms with E-state index in [2.05, 4.69) is 14.8 Å². The second-order valence-electron chi connectivity index (χ2n) is 7.12. The summed E-state index contributed by atoms with van der Waals surface area (Å²) in [4.78, 5) is 22.1. The molecule has 6 heteroatoms. The smallest absolute Gasteiger partial charge is 0.254 e. The van der Waals surface area contributed by atoms with Gasteiger partial charge in [-0.15, -0.1) is 0 Å². The molecule has 2 aliphatic heterocycles. The Morgan fingerprint density at radius 2 is 2.08 bits per heavy atom. The summed E-state index contributed by atoms with van der Waals surface area (Å²) in [6, 6.07) is 6.17. The lowest BCUT2D eigenvalue weighted by Crippen LogP contribution is -2.51. The van der Waals surface area contributed by atoms with Crippen LogP contribution in [0.2, 0.25) is 0 Å². The van der Waals surface area contributed by atoms with Crippen molar-refractivity contribution in [2.24, 2.45) is 7.05 Å². The van der Waals surface area contributed by atoms with Crippen LogP contribution in [0.15, 0.2) is 24.5 Å². The van der Waals surface area contributed by atoms with Gasteiger partial charge in [-0.1, -0.05) is 0 Å². The number of amides is 1. The van der Waals surface area contributed by atoms with Crippen LogP contribution in [0.25, 0.3) is 11.0 Å². The first-order chi connectivity index (χ1) is 12.2. The fourth-order valence-corrected chi connectivity index (χ4v) is 3.97. The summed E-state index contributed by atoms with van der Waals surface area (Å²) in [5, 5.41) is 0. The van der Waals surface area contributed by atoms with Crippen molar-refractivity contribution in [1.82, 2.24) is 19.4 Å². The van der Waals surface area contributed by atoms with Gasteiger partial charge in [0.05, 0.1) is 30.6 Å². The zero-order chi connectivity index (χ0) is 17.2. The SMILES string of the molecule is Cn1cnc2cc(C(=O)N3CCCCC3CN3CCOCC3)ccc21. The average molecular weight is 342 g/mol. The largest absolute Gasteiger partial charge is 0.379 e. The molecule has 2 aromatic rings. The minimum atomic E-state index is 0.144. The highest BCUT2D eigenvalue weighted by Gasteiger charge is 2.29. The number of imidazole rings is 1. The summed E-state index contributed by atoms with van der Waals surface area (Å²) in [5.74, 6) is 0.144. The van der Waals surface area contributed by atoms with Crippen molar-refractivity contribution in [3.63, 3.8) is 0 Å². The Balaban J connectivity index is 1.52. The van der Waals surface area contributed by atoms with E-state index >= 15 is 0 Å². The Labute approximate surface area is 148 Å². The highest BCUT2D eigenvalue weighted by Crippen LogP contribution is 2.22. The third-order valence-corrected chi connectivity index (χ3v) is 5.43. The minimum absolute atomic E-state index is 0.144. The molecule has 0 spiro atoms. The van der Waals surface area contributed by atoms with Crippen LogP contribution in [0.5, 0.6) is 0 Å². The number of benzene rings is 1. The van der Waals surface area contributed by atoms with E-state index in [1.54, 1.807) is 6.33 Å². The molecule has 0 saturated carbocycles. The first-order valence-electron chi connectivity index (χ1n) is 9.24. The lowest BCUT2D eigenvalue weighted by atomic mass is 10.00. The second kappa shape index (κ2) is 7.14. The molecule has 3 heterocycles. The van der Waals surface area contributed by atoms with Crippen LogP contribution in [0.1, 0.15) is 29.6 Å². The number of rotatable bonds is 3. The number of ether oxygens (including phenoxy) is 1. The van der Waals surface area contributed by atoms with Crippen molar-refractivity contribution in [3.05, 3.63) is 30.1 Å². The van der Waals surface area contributed by atoms with Gasteiger partial charge < -0.3 is 14.2 Å². The van der Waals surface area contributed by atoms with Gasteiger partial charge in [-0.2, -0.15) is 0 Å². The van der Waals surface area contributed by atoms with E-state index in [9.17, 15) is 4.79 Å². The molecule has 0 bridgehead atoms. The lowest BCUT2D eigenvalue weighted by molar-refractivity contribution is 0.0166. The summed E-state index contributed by atoms with van der Waals surface area (Å²) in [7, 11) is 1.97. The standard InChI is InChI=1S/C19H26N4O2/c1-21-14-20-17-12-15(5-6-18(17)21)19(24)23-7-3-2-4-16(23)13-22-8-10-25-11-9-22/h5-6,12,14,16H,2-4,7-11,13H2,1H3. The highest BCUT2D eigenvalue weighted by atomic mass is 16.5. The van der Waals surface area contributed by atoms with Gasteiger partial charge in [0.25, 0.3) is 5.91 Å².